The molecule has 1 atom stereocenters. The number of ether oxygens (including phenoxy) is 2. The first-order valence-corrected chi connectivity index (χ1v) is 6.60. The Morgan fingerprint density at radius 1 is 1.32 bits per heavy atom. The third kappa shape index (κ3) is 7.79. The van der Waals surface area contributed by atoms with Crippen LogP contribution in [-0.4, -0.2) is 63.8 Å². The molecule has 1 amide bonds. The highest BCUT2D eigenvalue weighted by Gasteiger charge is 2.24. The summed E-state index contributed by atoms with van der Waals surface area (Å²) in [5, 5.41) is 2.72. The van der Waals surface area contributed by atoms with Gasteiger partial charge in [0.25, 0.3) is 0 Å². The minimum atomic E-state index is -0.363. The van der Waals surface area contributed by atoms with Crippen molar-refractivity contribution in [3.8, 4) is 0 Å². The molecule has 112 valence electrons. The molecular weight excluding hydrogens is 248 g/mol. The summed E-state index contributed by atoms with van der Waals surface area (Å²) in [5.41, 5.74) is 0. The molecule has 6 heteroatoms. The second-order valence-electron chi connectivity index (χ2n) is 4.44. The maximum atomic E-state index is 11.7. The average molecular weight is 274 g/mol. The normalized spacial score (nSPS) is 12.3. The van der Waals surface area contributed by atoms with E-state index in [1.54, 1.807) is 19.1 Å². The molecule has 0 aliphatic carbocycles. The first-order chi connectivity index (χ1) is 9.06. The zero-order valence-corrected chi connectivity index (χ0v) is 12.4. The Kier molecular flexibility index (Phi) is 10.1. The second-order valence-corrected chi connectivity index (χ2v) is 4.44. The molecule has 1 N–H and O–H groups in total. The van der Waals surface area contributed by atoms with Gasteiger partial charge in [-0.25, -0.2) is 0 Å². The number of rotatable bonds is 10. The summed E-state index contributed by atoms with van der Waals surface area (Å²) >= 11 is 0. The number of methoxy groups -OCH3 is 2. The number of amides is 1. The third-order valence-electron chi connectivity index (χ3n) is 2.86. The van der Waals surface area contributed by atoms with Gasteiger partial charge in [0.15, 0.2) is 0 Å². The van der Waals surface area contributed by atoms with Crippen LogP contribution >= 0.6 is 0 Å². The number of likely N-dealkylation sites (N-methyl/N-ethyl adjacent to an activating group) is 1. The van der Waals surface area contributed by atoms with Crippen LogP contribution in [0.2, 0.25) is 0 Å². The number of unbranched alkanes of at least 4 members (excludes halogenated alkanes) is 1. The SMILES string of the molecule is CCCCC(C(=O)OC)N(C)CC(=O)NCCOC. The minimum Gasteiger partial charge on any atom is -0.468 e. The van der Waals surface area contributed by atoms with Crippen molar-refractivity contribution in [2.45, 2.75) is 32.2 Å². The molecule has 19 heavy (non-hydrogen) atoms. The summed E-state index contributed by atoms with van der Waals surface area (Å²) in [4.78, 5) is 25.1. The van der Waals surface area contributed by atoms with Gasteiger partial charge >= 0.3 is 5.97 Å². The minimum absolute atomic E-state index is 0.120. The topological polar surface area (TPSA) is 67.9 Å². The van der Waals surface area contributed by atoms with Crippen molar-refractivity contribution >= 4 is 11.9 Å². The molecule has 0 rings (SSSR count). The van der Waals surface area contributed by atoms with Crippen molar-refractivity contribution in [3.05, 3.63) is 0 Å². The van der Waals surface area contributed by atoms with Crippen LogP contribution in [0, 0.1) is 0 Å². The van der Waals surface area contributed by atoms with Gasteiger partial charge in [-0.3, -0.25) is 14.5 Å². The fourth-order valence-corrected chi connectivity index (χ4v) is 1.74. The van der Waals surface area contributed by atoms with Gasteiger partial charge in [-0.1, -0.05) is 19.8 Å². The van der Waals surface area contributed by atoms with Crippen LogP contribution in [0.5, 0.6) is 0 Å². The van der Waals surface area contributed by atoms with E-state index >= 15 is 0 Å². The molecule has 0 spiro atoms. The van der Waals surface area contributed by atoms with Gasteiger partial charge in [0.05, 0.1) is 20.3 Å². The van der Waals surface area contributed by atoms with Crippen LogP contribution in [0.1, 0.15) is 26.2 Å². The average Bonchev–Trinajstić information content (AvgIpc) is 2.39. The number of hydrogen-bond donors (Lipinski definition) is 1. The van der Waals surface area contributed by atoms with Crippen LogP contribution in [0.3, 0.4) is 0 Å². The van der Waals surface area contributed by atoms with E-state index in [0.717, 1.165) is 12.8 Å². The lowest BCUT2D eigenvalue weighted by Gasteiger charge is -2.25. The van der Waals surface area contributed by atoms with E-state index in [9.17, 15) is 9.59 Å². The van der Waals surface area contributed by atoms with Crippen molar-refractivity contribution in [2.24, 2.45) is 0 Å². The van der Waals surface area contributed by atoms with Crippen LogP contribution in [0.4, 0.5) is 0 Å². The summed E-state index contributed by atoms with van der Waals surface area (Å²) in [6, 6.07) is -0.363. The number of hydrogen-bond acceptors (Lipinski definition) is 5. The van der Waals surface area contributed by atoms with E-state index in [1.165, 1.54) is 7.11 Å². The maximum Gasteiger partial charge on any atom is 0.323 e. The molecule has 0 saturated carbocycles. The fourth-order valence-electron chi connectivity index (χ4n) is 1.74. The Morgan fingerprint density at radius 2 is 2.00 bits per heavy atom. The van der Waals surface area contributed by atoms with E-state index in [1.807, 2.05) is 0 Å². The number of esters is 1. The molecule has 0 aliphatic heterocycles. The molecular formula is C13H26N2O4. The van der Waals surface area contributed by atoms with Gasteiger partial charge in [-0.05, 0) is 13.5 Å². The largest absolute Gasteiger partial charge is 0.468 e. The number of nitrogens with zero attached hydrogens (tertiary/aromatic N) is 1. The van der Waals surface area contributed by atoms with Crippen LogP contribution in [0.15, 0.2) is 0 Å². The molecule has 0 heterocycles. The van der Waals surface area contributed by atoms with Gasteiger partial charge in [-0.15, -0.1) is 0 Å². The molecule has 0 bridgehead atoms. The smallest absolute Gasteiger partial charge is 0.323 e. The number of carbonyl (C=O) groups is 2. The van der Waals surface area contributed by atoms with Gasteiger partial charge in [-0.2, -0.15) is 0 Å². The lowest BCUT2D eigenvalue weighted by molar-refractivity contribution is -0.147. The fraction of sp³-hybridized carbons (Fsp3) is 0.846. The van der Waals surface area contributed by atoms with Gasteiger partial charge in [0.1, 0.15) is 6.04 Å². The van der Waals surface area contributed by atoms with E-state index in [-0.39, 0.29) is 24.5 Å². The molecule has 0 saturated heterocycles. The van der Waals surface area contributed by atoms with Gasteiger partial charge in [0, 0.05) is 13.7 Å². The lowest BCUT2D eigenvalue weighted by Crippen LogP contribution is -2.45. The van der Waals surface area contributed by atoms with Gasteiger partial charge in [0.2, 0.25) is 5.91 Å². The first-order valence-electron chi connectivity index (χ1n) is 6.60. The van der Waals surface area contributed by atoms with E-state index < -0.39 is 0 Å². The van der Waals surface area contributed by atoms with Crippen molar-refractivity contribution in [2.75, 3.05) is 41.0 Å². The van der Waals surface area contributed by atoms with Crippen LogP contribution < -0.4 is 5.32 Å². The van der Waals surface area contributed by atoms with E-state index in [0.29, 0.717) is 19.6 Å². The Morgan fingerprint density at radius 3 is 2.53 bits per heavy atom. The highest BCUT2D eigenvalue weighted by atomic mass is 16.5. The number of nitrogens with one attached hydrogen (secondary N) is 1. The third-order valence-corrected chi connectivity index (χ3v) is 2.86. The van der Waals surface area contributed by atoms with E-state index in [4.69, 9.17) is 9.47 Å². The van der Waals surface area contributed by atoms with Gasteiger partial charge < -0.3 is 14.8 Å². The van der Waals surface area contributed by atoms with E-state index in [2.05, 4.69) is 12.2 Å². The van der Waals surface area contributed by atoms with Crippen LogP contribution in [0.25, 0.3) is 0 Å². The molecule has 1 unspecified atom stereocenters. The number of carbonyl (C=O) groups excluding carboxylic acids is 2. The summed E-state index contributed by atoms with van der Waals surface area (Å²) in [7, 11) is 4.71. The van der Waals surface area contributed by atoms with Crippen LogP contribution in [-0.2, 0) is 19.1 Å². The van der Waals surface area contributed by atoms with Crippen molar-refractivity contribution < 1.29 is 19.1 Å². The van der Waals surface area contributed by atoms with Crippen molar-refractivity contribution in [1.82, 2.24) is 10.2 Å². The Labute approximate surface area is 115 Å². The molecule has 0 aromatic rings. The Hall–Kier alpha value is -1.14. The predicted octanol–water partition coefficient (Wildman–Crippen LogP) is 0.413. The second kappa shape index (κ2) is 10.8. The molecule has 0 aromatic carbocycles. The standard InChI is InChI=1S/C13H26N2O4/c1-5-6-7-11(13(17)19-4)15(2)10-12(16)14-8-9-18-3/h11H,5-10H2,1-4H3,(H,14,16). The monoisotopic (exact) mass is 274 g/mol. The molecule has 6 nitrogen and oxygen atoms in total. The maximum absolute atomic E-state index is 11.7. The molecule has 0 fully saturated rings. The quantitative estimate of drug-likeness (QED) is 0.462. The Bertz CT molecular complexity index is 271. The summed E-state index contributed by atoms with van der Waals surface area (Å²) in [6.07, 6.45) is 2.63. The lowest BCUT2D eigenvalue weighted by atomic mass is 10.1. The predicted molar refractivity (Wildman–Crippen MR) is 72.8 cm³/mol. The zero-order valence-electron chi connectivity index (χ0n) is 12.4. The molecule has 0 aromatic heterocycles. The summed E-state index contributed by atoms with van der Waals surface area (Å²) in [6.45, 7) is 3.19. The zero-order chi connectivity index (χ0) is 14.7. The Balaban J connectivity index is 4.25. The highest BCUT2D eigenvalue weighted by Crippen LogP contribution is 2.08. The summed E-state index contributed by atoms with van der Waals surface area (Å²) < 4.78 is 9.63. The highest BCUT2D eigenvalue weighted by molar-refractivity contribution is 5.80. The van der Waals surface area contributed by atoms with Crippen molar-refractivity contribution in [1.29, 1.82) is 0 Å². The molecule has 0 radical (unpaired) electrons. The first kappa shape index (κ1) is 17.9. The van der Waals surface area contributed by atoms with Crippen molar-refractivity contribution in [3.63, 3.8) is 0 Å². The summed E-state index contributed by atoms with van der Waals surface area (Å²) in [5.74, 6) is -0.411. The molecule has 0 aliphatic rings.